The van der Waals surface area contributed by atoms with Crippen LogP contribution in [0.2, 0.25) is 0 Å². The molecule has 76 valence electrons. The van der Waals surface area contributed by atoms with Gasteiger partial charge in [0.1, 0.15) is 5.75 Å². The van der Waals surface area contributed by atoms with Crippen molar-refractivity contribution >= 4 is 0 Å². The van der Waals surface area contributed by atoms with E-state index in [0.29, 0.717) is 11.8 Å². The number of aromatic hydroxyl groups is 1. The van der Waals surface area contributed by atoms with Gasteiger partial charge in [-0.05, 0) is 49.1 Å². The lowest BCUT2D eigenvalue weighted by Gasteiger charge is -2.15. The Morgan fingerprint density at radius 1 is 1.50 bits per heavy atom. The first-order valence-electron chi connectivity index (χ1n) is 5.36. The minimum atomic E-state index is 0.380. The molecule has 0 amide bonds. The fourth-order valence-corrected chi connectivity index (χ4v) is 2.18. The highest BCUT2D eigenvalue weighted by atomic mass is 16.3. The summed E-state index contributed by atoms with van der Waals surface area (Å²) < 4.78 is 0. The summed E-state index contributed by atoms with van der Waals surface area (Å²) in [7, 11) is 0. The third-order valence-corrected chi connectivity index (χ3v) is 2.95. The zero-order valence-corrected chi connectivity index (χ0v) is 8.59. The Morgan fingerprint density at radius 2 is 2.36 bits per heavy atom. The van der Waals surface area contributed by atoms with E-state index in [1.807, 2.05) is 12.1 Å². The lowest BCUT2D eigenvalue weighted by molar-refractivity contribution is 0.472. The molecule has 2 nitrogen and oxygen atoms in total. The van der Waals surface area contributed by atoms with Crippen molar-refractivity contribution in [2.75, 3.05) is 6.54 Å². The van der Waals surface area contributed by atoms with Crippen molar-refractivity contribution in [1.82, 2.24) is 5.32 Å². The number of nitrogens with one attached hydrogen (secondary N) is 1. The van der Waals surface area contributed by atoms with Gasteiger partial charge >= 0.3 is 0 Å². The monoisotopic (exact) mass is 191 g/mol. The standard InChI is InChI=1S/C12H17NO/c1-2-9-5-6-10(14)8-11(9)12-4-3-7-13-12/h5-6,8,12-14H,2-4,7H2,1H3/t12-/m1/s1. The minimum absolute atomic E-state index is 0.380. The molecule has 1 fully saturated rings. The molecule has 0 spiro atoms. The summed E-state index contributed by atoms with van der Waals surface area (Å²) in [6, 6.07) is 6.17. The van der Waals surface area contributed by atoms with Crippen LogP contribution >= 0.6 is 0 Å². The first-order valence-corrected chi connectivity index (χ1v) is 5.36. The van der Waals surface area contributed by atoms with Crippen LogP contribution in [0.3, 0.4) is 0 Å². The summed E-state index contributed by atoms with van der Waals surface area (Å²) in [5.74, 6) is 0.380. The number of hydrogen-bond acceptors (Lipinski definition) is 2. The predicted molar refractivity (Wildman–Crippen MR) is 57.5 cm³/mol. The van der Waals surface area contributed by atoms with Gasteiger partial charge in [-0.25, -0.2) is 0 Å². The summed E-state index contributed by atoms with van der Waals surface area (Å²) >= 11 is 0. The topological polar surface area (TPSA) is 32.3 Å². The van der Waals surface area contributed by atoms with Crippen LogP contribution in [0.15, 0.2) is 18.2 Å². The number of hydrogen-bond donors (Lipinski definition) is 2. The van der Waals surface area contributed by atoms with E-state index in [4.69, 9.17) is 0 Å². The lowest BCUT2D eigenvalue weighted by atomic mass is 9.97. The first-order chi connectivity index (χ1) is 6.81. The van der Waals surface area contributed by atoms with Crippen LogP contribution in [0.5, 0.6) is 5.75 Å². The second-order valence-electron chi connectivity index (χ2n) is 3.89. The maximum Gasteiger partial charge on any atom is 0.115 e. The molecule has 0 unspecified atom stereocenters. The van der Waals surface area contributed by atoms with Gasteiger partial charge in [0, 0.05) is 6.04 Å². The van der Waals surface area contributed by atoms with Crippen LogP contribution in [0.1, 0.15) is 36.9 Å². The van der Waals surface area contributed by atoms with E-state index in [2.05, 4.69) is 12.2 Å². The van der Waals surface area contributed by atoms with Crippen LogP contribution < -0.4 is 5.32 Å². The Balaban J connectivity index is 2.33. The molecule has 1 atom stereocenters. The number of benzene rings is 1. The zero-order chi connectivity index (χ0) is 9.97. The maximum absolute atomic E-state index is 9.47. The summed E-state index contributed by atoms with van der Waals surface area (Å²) in [6.07, 6.45) is 3.47. The van der Waals surface area contributed by atoms with Crippen LogP contribution in [-0.4, -0.2) is 11.7 Å². The quantitative estimate of drug-likeness (QED) is 0.752. The van der Waals surface area contributed by atoms with Crippen LogP contribution in [0.4, 0.5) is 0 Å². The second-order valence-corrected chi connectivity index (χ2v) is 3.89. The lowest BCUT2D eigenvalue weighted by Crippen LogP contribution is -2.14. The van der Waals surface area contributed by atoms with Gasteiger partial charge in [0.15, 0.2) is 0 Å². The van der Waals surface area contributed by atoms with Gasteiger partial charge in [0.2, 0.25) is 0 Å². The minimum Gasteiger partial charge on any atom is -0.508 e. The maximum atomic E-state index is 9.47. The summed E-state index contributed by atoms with van der Waals surface area (Å²) in [5.41, 5.74) is 2.63. The van der Waals surface area contributed by atoms with E-state index in [-0.39, 0.29) is 0 Å². The summed E-state index contributed by atoms with van der Waals surface area (Å²) in [4.78, 5) is 0. The van der Waals surface area contributed by atoms with Crippen molar-refractivity contribution in [2.45, 2.75) is 32.2 Å². The van der Waals surface area contributed by atoms with Crippen molar-refractivity contribution in [3.8, 4) is 5.75 Å². The van der Waals surface area contributed by atoms with Gasteiger partial charge in [-0.15, -0.1) is 0 Å². The fraction of sp³-hybridized carbons (Fsp3) is 0.500. The van der Waals surface area contributed by atoms with Crippen molar-refractivity contribution < 1.29 is 5.11 Å². The Morgan fingerprint density at radius 3 is 3.00 bits per heavy atom. The molecule has 1 aromatic rings. The first kappa shape index (κ1) is 9.53. The smallest absolute Gasteiger partial charge is 0.115 e. The molecule has 2 rings (SSSR count). The highest BCUT2D eigenvalue weighted by Gasteiger charge is 2.18. The molecule has 2 heteroatoms. The largest absolute Gasteiger partial charge is 0.508 e. The van der Waals surface area contributed by atoms with Gasteiger partial charge in [-0.2, -0.15) is 0 Å². The van der Waals surface area contributed by atoms with E-state index in [1.165, 1.54) is 24.0 Å². The molecular formula is C12H17NO. The molecule has 14 heavy (non-hydrogen) atoms. The highest BCUT2D eigenvalue weighted by molar-refractivity contribution is 5.37. The molecule has 0 aromatic heterocycles. The fourth-order valence-electron chi connectivity index (χ4n) is 2.18. The molecule has 1 saturated heterocycles. The van der Waals surface area contributed by atoms with Crippen molar-refractivity contribution in [1.29, 1.82) is 0 Å². The normalized spacial score (nSPS) is 21.4. The Bertz CT molecular complexity index is 316. The van der Waals surface area contributed by atoms with E-state index in [0.717, 1.165) is 13.0 Å². The van der Waals surface area contributed by atoms with Gasteiger partial charge in [-0.1, -0.05) is 13.0 Å². The Hall–Kier alpha value is -1.02. The second kappa shape index (κ2) is 4.01. The number of aryl methyl sites for hydroxylation is 1. The molecule has 1 heterocycles. The van der Waals surface area contributed by atoms with Gasteiger partial charge in [0.25, 0.3) is 0 Å². The predicted octanol–water partition coefficient (Wildman–Crippen LogP) is 2.38. The molecule has 1 aromatic carbocycles. The van der Waals surface area contributed by atoms with Crippen molar-refractivity contribution in [3.63, 3.8) is 0 Å². The summed E-state index contributed by atoms with van der Waals surface area (Å²) in [6.45, 7) is 3.26. The van der Waals surface area contributed by atoms with E-state index in [1.54, 1.807) is 6.07 Å². The van der Waals surface area contributed by atoms with E-state index < -0.39 is 0 Å². The molecule has 0 saturated carbocycles. The van der Waals surface area contributed by atoms with E-state index >= 15 is 0 Å². The Labute approximate surface area is 85.0 Å². The molecule has 0 bridgehead atoms. The number of phenolic OH excluding ortho intramolecular Hbond substituents is 1. The molecule has 1 aliphatic rings. The third kappa shape index (κ3) is 1.75. The third-order valence-electron chi connectivity index (χ3n) is 2.95. The SMILES string of the molecule is CCc1ccc(O)cc1[C@H]1CCCN1. The average molecular weight is 191 g/mol. The molecular weight excluding hydrogens is 174 g/mol. The molecule has 2 N–H and O–H groups in total. The number of rotatable bonds is 2. The molecule has 0 radical (unpaired) electrons. The van der Waals surface area contributed by atoms with Crippen molar-refractivity contribution in [2.24, 2.45) is 0 Å². The number of phenols is 1. The summed E-state index contributed by atoms with van der Waals surface area (Å²) in [5, 5.41) is 12.9. The van der Waals surface area contributed by atoms with Gasteiger partial charge in [-0.3, -0.25) is 0 Å². The van der Waals surface area contributed by atoms with Gasteiger partial charge < -0.3 is 10.4 Å². The van der Waals surface area contributed by atoms with Crippen LogP contribution in [0, 0.1) is 0 Å². The highest BCUT2D eigenvalue weighted by Crippen LogP contribution is 2.29. The van der Waals surface area contributed by atoms with E-state index in [9.17, 15) is 5.11 Å². The zero-order valence-electron chi connectivity index (χ0n) is 8.59. The van der Waals surface area contributed by atoms with Crippen LogP contribution in [-0.2, 0) is 6.42 Å². The molecule has 0 aliphatic carbocycles. The average Bonchev–Trinajstić information content (AvgIpc) is 2.70. The Kier molecular flexibility index (Phi) is 2.73. The van der Waals surface area contributed by atoms with Gasteiger partial charge in [0.05, 0.1) is 0 Å². The molecule has 1 aliphatic heterocycles. The van der Waals surface area contributed by atoms with Crippen LogP contribution in [0.25, 0.3) is 0 Å². The van der Waals surface area contributed by atoms with Crippen molar-refractivity contribution in [3.05, 3.63) is 29.3 Å².